The van der Waals surface area contributed by atoms with Gasteiger partial charge in [-0.3, -0.25) is 4.79 Å². The zero-order chi connectivity index (χ0) is 10.8. The molecule has 1 heteroatoms. The molecule has 14 heavy (non-hydrogen) atoms. The molecular weight excluding hydrogens is 172 g/mol. The van der Waals surface area contributed by atoms with Crippen molar-refractivity contribution in [2.24, 2.45) is 11.3 Å². The number of carbonyl (C=O) groups excluding carboxylic acids is 1. The highest BCUT2D eigenvalue weighted by molar-refractivity contribution is 5.87. The van der Waals surface area contributed by atoms with Gasteiger partial charge >= 0.3 is 0 Å². The van der Waals surface area contributed by atoms with E-state index in [2.05, 4.69) is 32.9 Å². The van der Waals surface area contributed by atoms with Gasteiger partial charge in [-0.15, -0.1) is 0 Å². The molecule has 0 aromatic carbocycles. The summed E-state index contributed by atoms with van der Waals surface area (Å²) < 4.78 is 0. The third-order valence-corrected chi connectivity index (χ3v) is 3.11. The van der Waals surface area contributed by atoms with Gasteiger partial charge in [0.25, 0.3) is 0 Å². The number of carbonyl (C=O) groups is 1. The van der Waals surface area contributed by atoms with Crippen LogP contribution in [0.2, 0.25) is 0 Å². The van der Waals surface area contributed by atoms with Gasteiger partial charge in [-0.25, -0.2) is 0 Å². The van der Waals surface area contributed by atoms with Gasteiger partial charge in [0.2, 0.25) is 0 Å². The molecule has 1 aliphatic rings. The minimum atomic E-state index is 0.138. The van der Waals surface area contributed by atoms with Crippen LogP contribution >= 0.6 is 0 Å². The Labute approximate surface area is 86.9 Å². The molecule has 0 bridgehead atoms. The second-order valence-corrected chi connectivity index (χ2v) is 4.92. The lowest BCUT2D eigenvalue weighted by atomic mass is 9.68. The maximum Gasteiger partial charge on any atom is 0.152 e. The first kappa shape index (κ1) is 11.2. The van der Waals surface area contributed by atoms with E-state index in [1.165, 1.54) is 18.4 Å². The van der Waals surface area contributed by atoms with Crippen LogP contribution in [0, 0.1) is 11.3 Å². The summed E-state index contributed by atoms with van der Waals surface area (Å²) in [6.45, 7) is 8.32. The second-order valence-electron chi connectivity index (χ2n) is 4.92. The number of hydrogen-bond donors (Lipinski definition) is 0. The summed E-state index contributed by atoms with van der Waals surface area (Å²) in [5.74, 6) is 0.569. The Bertz CT molecular complexity index is 282. The van der Waals surface area contributed by atoms with Crippen LogP contribution in [0.4, 0.5) is 0 Å². The van der Waals surface area contributed by atoms with Crippen LogP contribution in [0.3, 0.4) is 0 Å². The zero-order valence-electron chi connectivity index (χ0n) is 9.63. The molecule has 1 rings (SSSR count). The fraction of sp³-hybridized carbons (Fsp3) is 0.615. The van der Waals surface area contributed by atoms with Crippen molar-refractivity contribution in [3.05, 3.63) is 23.8 Å². The van der Waals surface area contributed by atoms with E-state index < -0.39 is 0 Å². The van der Waals surface area contributed by atoms with E-state index in [-0.39, 0.29) is 5.78 Å². The molecule has 1 atom stereocenters. The number of rotatable bonds is 2. The van der Waals surface area contributed by atoms with Gasteiger partial charge in [0.15, 0.2) is 5.78 Å². The Morgan fingerprint density at radius 3 is 2.71 bits per heavy atom. The van der Waals surface area contributed by atoms with Gasteiger partial charge in [-0.05, 0) is 38.2 Å². The predicted molar refractivity (Wildman–Crippen MR) is 60.1 cm³/mol. The van der Waals surface area contributed by atoms with Crippen LogP contribution in [-0.4, -0.2) is 5.78 Å². The van der Waals surface area contributed by atoms with Crippen LogP contribution in [0.25, 0.3) is 0 Å². The Morgan fingerprint density at radius 2 is 2.21 bits per heavy atom. The van der Waals surface area contributed by atoms with Crippen molar-refractivity contribution < 1.29 is 4.79 Å². The summed E-state index contributed by atoms with van der Waals surface area (Å²) in [5, 5.41) is 0. The average Bonchev–Trinajstić information content (AvgIpc) is 2.01. The topological polar surface area (TPSA) is 17.1 Å². The fourth-order valence-electron chi connectivity index (χ4n) is 2.21. The van der Waals surface area contributed by atoms with Crippen LogP contribution in [0.5, 0.6) is 0 Å². The Morgan fingerprint density at radius 1 is 1.57 bits per heavy atom. The lowest BCUT2D eigenvalue weighted by Gasteiger charge is -2.36. The van der Waals surface area contributed by atoms with Gasteiger partial charge in [0, 0.05) is 5.92 Å². The first-order chi connectivity index (χ1) is 6.43. The van der Waals surface area contributed by atoms with Crippen molar-refractivity contribution in [3.63, 3.8) is 0 Å². The molecule has 0 aliphatic heterocycles. The molecule has 0 heterocycles. The largest absolute Gasteiger partial charge is 0.295 e. The van der Waals surface area contributed by atoms with E-state index >= 15 is 0 Å². The molecule has 0 saturated carbocycles. The van der Waals surface area contributed by atoms with Crippen LogP contribution in [-0.2, 0) is 4.79 Å². The average molecular weight is 192 g/mol. The van der Waals surface area contributed by atoms with E-state index in [0.717, 1.165) is 0 Å². The standard InChI is InChI=1S/C13H20O/c1-10-6-5-9-13(3,4)12(10)8-7-11(2)14/h6-8,12H,5,9H2,1-4H3/b8-7-. The van der Waals surface area contributed by atoms with Crippen molar-refractivity contribution in [3.8, 4) is 0 Å². The third kappa shape index (κ3) is 2.57. The highest BCUT2D eigenvalue weighted by Crippen LogP contribution is 2.41. The monoisotopic (exact) mass is 192 g/mol. The summed E-state index contributed by atoms with van der Waals surface area (Å²) in [6.07, 6.45) is 8.43. The Kier molecular flexibility index (Phi) is 3.30. The molecule has 1 nitrogen and oxygen atoms in total. The van der Waals surface area contributed by atoms with Crippen molar-refractivity contribution in [2.45, 2.75) is 40.5 Å². The van der Waals surface area contributed by atoms with E-state index in [1.807, 2.05) is 0 Å². The zero-order valence-corrected chi connectivity index (χ0v) is 9.63. The molecular formula is C13H20O. The smallest absolute Gasteiger partial charge is 0.152 e. The summed E-state index contributed by atoms with van der Waals surface area (Å²) in [5.41, 5.74) is 1.70. The van der Waals surface area contributed by atoms with Gasteiger partial charge in [-0.2, -0.15) is 0 Å². The number of ketones is 1. The minimum absolute atomic E-state index is 0.138. The maximum absolute atomic E-state index is 10.9. The Hall–Kier alpha value is -0.850. The summed E-state index contributed by atoms with van der Waals surface area (Å²) in [6, 6.07) is 0. The molecule has 1 unspecified atom stereocenters. The SMILES string of the molecule is CC(=O)/C=C\C1C(C)=CCCC1(C)C. The van der Waals surface area contributed by atoms with E-state index in [9.17, 15) is 4.79 Å². The molecule has 0 saturated heterocycles. The van der Waals surface area contributed by atoms with Gasteiger partial charge in [-0.1, -0.05) is 31.6 Å². The van der Waals surface area contributed by atoms with Crippen molar-refractivity contribution in [1.82, 2.24) is 0 Å². The van der Waals surface area contributed by atoms with Crippen LogP contribution in [0.15, 0.2) is 23.8 Å². The molecule has 78 valence electrons. The minimum Gasteiger partial charge on any atom is -0.295 e. The number of hydrogen-bond acceptors (Lipinski definition) is 1. The van der Waals surface area contributed by atoms with Crippen molar-refractivity contribution in [2.75, 3.05) is 0 Å². The maximum atomic E-state index is 10.9. The van der Waals surface area contributed by atoms with Crippen molar-refractivity contribution >= 4 is 5.78 Å². The highest BCUT2D eigenvalue weighted by atomic mass is 16.1. The molecule has 0 aromatic rings. The lowest BCUT2D eigenvalue weighted by Crippen LogP contribution is -2.26. The van der Waals surface area contributed by atoms with Gasteiger partial charge < -0.3 is 0 Å². The molecule has 1 aliphatic carbocycles. The molecule has 0 fully saturated rings. The summed E-state index contributed by atoms with van der Waals surface area (Å²) in [7, 11) is 0. The fourth-order valence-corrected chi connectivity index (χ4v) is 2.21. The van der Waals surface area contributed by atoms with E-state index in [0.29, 0.717) is 11.3 Å². The van der Waals surface area contributed by atoms with Crippen LogP contribution < -0.4 is 0 Å². The van der Waals surface area contributed by atoms with E-state index in [1.54, 1.807) is 13.0 Å². The van der Waals surface area contributed by atoms with Crippen LogP contribution in [0.1, 0.15) is 40.5 Å². The summed E-state index contributed by atoms with van der Waals surface area (Å²) >= 11 is 0. The molecule has 0 N–H and O–H groups in total. The second kappa shape index (κ2) is 4.12. The summed E-state index contributed by atoms with van der Waals surface area (Å²) in [4.78, 5) is 10.9. The highest BCUT2D eigenvalue weighted by Gasteiger charge is 2.30. The first-order valence-electron chi connectivity index (χ1n) is 5.29. The van der Waals surface area contributed by atoms with Gasteiger partial charge in [0.05, 0.1) is 0 Å². The normalized spacial score (nSPS) is 26.3. The number of allylic oxidation sites excluding steroid dienone is 4. The molecule has 0 radical (unpaired) electrons. The first-order valence-corrected chi connectivity index (χ1v) is 5.29. The Balaban J connectivity index is 2.86. The van der Waals surface area contributed by atoms with Crippen molar-refractivity contribution in [1.29, 1.82) is 0 Å². The van der Waals surface area contributed by atoms with E-state index in [4.69, 9.17) is 0 Å². The third-order valence-electron chi connectivity index (χ3n) is 3.11. The quantitative estimate of drug-likeness (QED) is 0.483. The lowest BCUT2D eigenvalue weighted by molar-refractivity contribution is -0.112. The molecule has 0 amide bonds. The van der Waals surface area contributed by atoms with Gasteiger partial charge in [0.1, 0.15) is 0 Å². The predicted octanol–water partition coefficient (Wildman–Crippen LogP) is 3.51. The molecule has 0 aromatic heterocycles. The molecule has 0 spiro atoms.